The fourth-order valence-electron chi connectivity index (χ4n) is 2.72. The summed E-state index contributed by atoms with van der Waals surface area (Å²) in [5.74, 6) is 0. The van der Waals surface area contributed by atoms with Crippen molar-refractivity contribution in [3.63, 3.8) is 0 Å². The van der Waals surface area contributed by atoms with E-state index in [0.717, 1.165) is 30.7 Å². The number of nitrogens with one attached hydrogen (secondary N) is 2. The summed E-state index contributed by atoms with van der Waals surface area (Å²) >= 11 is 11.8. The minimum atomic E-state index is -0.286. The van der Waals surface area contributed by atoms with E-state index >= 15 is 0 Å². The van der Waals surface area contributed by atoms with E-state index in [2.05, 4.69) is 15.7 Å². The smallest absolute Gasteiger partial charge is 0.319 e. The summed E-state index contributed by atoms with van der Waals surface area (Å²) < 4.78 is 1.85. The van der Waals surface area contributed by atoms with Gasteiger partial charge in [0.15, 0.2) is 0 Å². The third-order valence-electron chi connectivity index (χ3n) is 3.79. The molecule has 0 radical (unpaired) electrons. The number of carbonyl (C=O) groups excluding carboxylic acids is 1. The largest absolute Gasteiger partial charge is 0.332 e. The Morgan fingerprint density at radius 3 is 2.91 bits per heavy atom. The molecule has 0 saturated heterocycles. The van der Waals surface area contributed by atoms with Gasteiger partial charge >= 0.3 is 6.03 Å². The molecule has 0 saturated carbocycles. The first-order valence-corrected chi connectivity index (χ1v) is 7.83. The van der Waals surface area contributed by atoms with Crippen LogP contribution in [0.4, 0.5) is 10.5 Å². The molecule has 1 aromatic heterocycles. The van der Waals surface area contributed by atoms with Crippen LogP contribution in [0.25, 0.3) is 0 Å². The van der Waals surface area contributed by atoms with Gasteiger partial charge in [0, 0.05) is 12.7 Å². The number of anilines is 1. The van der Waals surface area contributed by atoms with Crippen molar-refractivity contribution in [2.45, 2.75) is 25.8 Å². The number of rotatable bonds is 3. The van der Waals surface area contributed by atoms with Crippen LogP contribution in [-0.4, -0.2) is 15.8 Å². The monoisotopic (exact) mass is 338 g/mol. The van der Waals surface area contributed by atoms with Crippen molar-refractivity contribution >= 4 is 34.9 Å². The topological polar surface area (TPSA) is 59.0 Å². The minimum Gasteiger partial charge on any atom is -0.332 e. The Labute approximate surface area is 138 Å². The van der Waals surface area contributed by atoms with Gasteiger partial charge in [0.1, 0.15) is 0 Å². The summed E-state index contributed by atoms with van der Waals surface area (Å²) in [6.07, 6.45) is 3.20. The van der Waals surface area contributed by atoms with Gasteiger partial charge in [-0.3, -0.25) is 4.68 Å². The standard InChI is InChI=1S/C15H16Cl2N4O/c1-21-14(10-3-2-4-13(10)20-21)8-18-15(22)19-9-5-6-11(16)12(17)7-9/h5-7H,2-4,8H2,1H3,(H2,18,19,22). The van der Waals surface area contributed by atoms with Crippen molar-refractivity contribution < 1.29 is 4.79 Å². The van der Waals surface area contributed by atoms with Crippen LogP contribution in [0.3, 0.4) is 0 Å². The lowest BCUT2D eigenvalue weighted by Crippen LogP contribution is -2.29. The molecule has 22 heavy (non-hydrogen) atoms. The van der Waals surface area contributed by atoms with Gasteiger partial charge in [-0.15, -0.1) is 0 Å². The summed E-state index contributed by atoms with van der Waals surface area (Å²) in [6, 6.07) is 4.68. The van der Waals surface area contributed by atoms with Crippen molar-refractivity contribution in [3.8, 4) is 0 Å². The van der Waals surface area contributed by atoms with Crippen molar-refractivity contribution in [1.82, 2.24) is 15.1 Å². The second-order valence-electron chi connectivity index (χ2n) is 5.29. The van der Waals surface area contributed by atoms with Crippen LogP contribution in [0.15, 0.2) is 18.2 Å². The van der Waals surface area contributed by atoms with E-state index in [9.17, 15) is 4.79 Å². The summed E-state index contributed by atoms with van der Waals surface area (Å²) in [7, 11) is 1.91. The highest BCUT2D eigenvalue weighted by atomic mass is 35.5. The fraction of sp³-hybridized carbons (Fsp3) is 0.333. The van der Waals surface area contributed by atoms with E-state index in [4.69, 9.17) is 23.2 Å². The molecule has 1 aliphatic carbocycles. The van der Waals surface area contributed by atoms with Gasteiger partial charge in [0.2, 0.25) is 0 Å². The lowest BCUT2D eigenvalue weighted by atomic mass is 10.2. The van der Waals surface area contributed by atoms with E-state index in [1.165, 1.54) is 5.56 Å². The highest BCUT2D eigenvalue weighted by Gasteiger charge is 2.20. The molecule has 1 heterocycles. The summed E-state index contributed by atoms with van der Waals surface area (Å²) in [5.41, 5.74) is 4.10. The van der Waals surface area contributed by atoms with Crippen LogP contribution in [0.1, 0.15) is 23.4 Å². The van der Waals surface area contributed by atoms with Crippen LogP contribution >= 0.6 is 23.2 Å². The molecule has 2 amide bonds. The quantitative estimate of drug-likeness (QED) is 0.899. The van der Waals surface area contributed by atoms with Crippen molar-refractivity contribution in [2.24, 2.45) is 7.05 Å². The Morgan fingerprint density at radius 1 is 1.32 bits per heavy atom. The van der Waals surface area contributed by atoms with Crippen molar-refractivity contribution in [2.75, 3.05) is 5.32 Å². The van der Waals surface area contributed by atoms with E-state index in [-0.39, 0.29) is 6.03 Å². The van der Waals surface area contributed by atoms with Crippen LogP contribution in [-0.2, 0) is 26.4 Å². The van der Waals surface area contributed by atoms with Crippen LogP contribution in [0.2, 0.25) is 10.0 Å². The number of halogens is 2. The van der Waals surface area contributed by atoms with Gasteiger partial charge in [-0.05, 0) is 43.0 Å². The van der Waals surface area contributed by atoms with Gasteiger partial charge in [0.25, 0.3) is 0 Å². The zero-order valence-corrected chi connectivity index (χ0v) is 13.6. The fourth-order valence-corrected chi connectivity index (χ4v) is 3.02. The molecule has 0 bridgehead atoms. The minimum absolute atomic E-state index is 0.286. The molecule has 116 valence electrons. The van der Waals surface area contributed by atoms with E-state index in [1.54, 1.807) is 18.2 Å². The molecule has 0 atom stereocenters. The lowest BCUT2D eigenvalue weighted by molar-refractivity contribution is 0.251. The first-order chi connectivity index (χ1) is 10.5. The van der Waals surface area contributed by atoms with Gasteiger partial charge in [-0.25, -0.2) is 4.79 Å². The molecule has 2 N–H and O–H groups in total. The average Bonchev–Trinajstić information content (AvgIpc) is 3.01. The number of carbonyl (C=O) groups is 1. The molecular weight excluding hydrogens is 323 g/mol. The molecule has 1 aromatic carbocycles. The maximum atomic E-state index is 12.0. The lowest BCUT2D eigenvalue weighted by Gasteiger charge is -2.09. The number of nitrogens with zero attached hydrogens (tertiary/aromatic N) is 2. The second kappa shape index (κ2) is 6.18. The number of benzene rings is 1. The third kappa shape index (κ3) is 3.05. The maximum absolute atomic E-state index is 12.0. The molecule has 1 aliphatic rings. The molecule has 0 unspecified atom stereocenters. The third-order valence-corrected chi connectivity index (χ3v) is 4.53. The molecular formula is C15H16Cl2N4O. The first kappa shape index (κ1) is 15.2. The van der Waals surface area contributed by atoms with Gasteiger partial charge in [-0.2, -0.15) is 5.10 Å². The van der Waals surface area contributed by atoms with E-state index in [1.807, 2.05) is 11.7 Å². The van der Waals surface area contributed by atoms with Gasteiger partial charge in [0.05, 0.1) is 28.0 Å². The number of aryl methyl sites for hydroxylation is 2. The Balaban J connectivity index is 1.62. The number of fused-ring (bicyclic) bond motifs is 1. The zero-order valence-electron chi connectivity index (χ0n) is 12.1. The number of amides is 2. The SMILES string of the molecule is Cn1nc2c(c1CNC(=O)Nc1ccc(Cl)c(Cl)c1)CCC2. The van der Waals surface area contributed by atoms with Gasteiger partial charge < -0.3 is 10.6 Å². The van der Waals surface area contributed by atoms with Crippen LogP contribution in [0.5, 0.6) is 0 Å². The second-order valence-corrected chi connectivity index (χ2v) is 6.10. The van der Waals surface area contributed by atoms with E-state index < -0.39 is 0 Å². The van der Waals surface area contributed by atoms with Crippen LogP contribution in [0, 0.1) is 0 Å². The predicted octanol–water partition coefficient (Wildman–Crippen LogP) is 3.54. The molecule has 0 aliphatic heterocycles. The highest BCUT2D eigenvalue weighted by Crippen LogP contribution is 2.25. The maximum Gasteiger partial charge on any atom is 0.319 e. The predicted molar refractivity (Wildman–Crippen MR) is 87.6 cm³/mol. The Kier molecular flexibility index (Phi) is 4.27. The number of aromatic nitrogens is 2. The Morgan fingerprint density at radius 2 is 2.14 bits per heavy atom. The zero-order chi connectivity index (χ0) is 15.7. The first-order valence-electron chi connectivity index (χ1n) is 7.08. The molecule has 2 aromatic rings. The molecule has 7 heteroatoms. The molecule has 3 rings (SSSR count). The normalized spacial score (nSPS) is 13.0. The number of hydrogen-bond acceptors (Lipinski definition) is 2. The number of urea groups is 1. The summed E-state index contributed by atoms with van der Waals surface area (Å²) in [6.45, 7) is 0.450. The Bertz CT molecular complexity index is 727. The number of hydrogen-bond donors (Lipinski definition) is 2. The summed E-state index contributed by atoms with van der Waals surface area (Å²) in [5, 5.41) is 10.9. The summed E-state index contributed by atoms with van der Waals surface area (Å²) in [4.78, 5) is 12.0. The molecule has 0 fully saturated rings. The van der Waals surface area contributed by atoms with E-state index in [0.29, 0.717) is 22.3 Å². The van der Waals surface area contributed by atoms with Crippen molar-refractivity contribution in [3.05, 3.63) is 45.2 Å². The highest BCUT2D eigenvalue weighted by molar-refractivity contribution is 6.42. The molecule has 5 nitrogen and oxygen atoms in total. The van der Waals surface area contributed by atoms with Crippen LogP contribution < -0.4 is 10.6 Å². The van der Waals surface area contributed by atoms with Crippen molar-refractivity contribution in [1.29, 1.82) is 0 Å². The Hall–Kier alpha value is -1.72. The molecule has 0 spiro atoms. The van der Waals surface area contributed by atoms with Gasteiger partial charge in [-0.1, -0.05) is 23.2 Å². The average molecular weight is 339 g/mol.